The molecule has 160 valence electrons. The van der Waals surface area contributed by atoms with E-state index < -0.39 is 0 Å². The van der Waals surface area contributed by atoms with Crippen molar-refractivity contribution in [2.24, 2.45) is 7.05 Å². The van der Waals surface area contributed by atoms with Gasteiger partial charge in [-0.2, -0.15) is 5.10 Å². The first-order valence-corrected chi connectivity index (χ1v) is 11.3. The van der Waals surface area contributed by atoms with Crippen molar-refractivity contribution in [3.8, 4) is 0 Å². The minimum atomic E-state index is -0.287. The standard InChI is InChI=1S/C21H20Cl2N6OS/c1-29-19-17(18(28-29)11-4-5-11)13(9-15(24-19)10-2-3-10)20(30)26-27-21(31)25-16-8-12(22)6-7-14(16)23/h6-11H,2-5H2,1H3,(H,26,30)(H2,25,27,31). The summed E-state index contributed by atoms with van der Waals surface area (Å²) in [6.45, 7) is 0. The van der Waals surface area contributed by atoms with Crippen LogP contribution in [0.15, 0.2) is 24.3 Å². The van der Waals surface area contributed by atoms with E-state index in [9.17, 15) is 4.79 Å². The lowest BCUT2D eigenvalue weighted by atomic mass is 10.1. The third-order valence-corrected chi connectivity index (χ3v) is 6.28. The van der Waals surface area contributed by atoms with Gasteiger partial charge in [0.2, 0.25) is 0 Å². The van der Waals surface area contributed by atoms with Crippen LogP contribution in [0.3, 0.4) is 0 Å². The van der Waals surface area contributed by atoms with E-state index in [1.807, 2.05) is 13.1 Å². The number of carbonyl (C=O) groups is 1. The number of amides is 1. The number of fused-ring (bicyclic) bond motifs is 1. The number of aromatic nitrogens is 3. The molecule has 5 rings (SSSR count). The van der Waals surface area contributed by atoms with Crippen molar-refractivity contribution < 1.29 is 4.79 Å². The molecular formula is C21H20Cl2N6OS. The molecule has 3 N–H and O–H groups in total. The predicted molar refractivity (Wildman–Crippen MR) is 126 cm³/mol. The van der Waals surface area contributed by atoms with Crippen molar-refractivity contribution in [3.05, 3.63) is 51.3 Å². The number of carbonyl (C=O) groups excluding carboxylic acids is 1. The molecule has 0 unspecified atom stereocenters. The Kier molecular flexibility index (Phi) is 5.24. The smallest absolute Gasteiger partial charge is 0.270 e. The molecule has 0 radical (unpaired) electrons. The highest BCUT2D eigenvalue weighted by atomic mass is 35.5. The molecular weight excluding hydrogens is 455 g/mol. The number of thiocarbonyl (C=S) groups is 1. The van der Waals surface area contributed by atoms with Gasteiger partial charge in [0.05, 0.1) is 27.4 Å². The van der Waals surface area contributed by atoms with Crippen molar-refractivity contribution in [3.63, 3.8) is 0 Å². The van der Waals surface area contributed by atoms with E-state index in [1.165, 1.54) is 0 Å². The molecule has 1 amide bonds. The molecule has 0 spiro atoms. The minimum Gasteiger partial charge on any atom is -0.330 e. The molecule has 2 fully saturated rings. The topological polar surface area (TPSA) is 83.9 Å². The van der Waals surface area contributed by atoms with Crippen molar-refractivity contribution in [1.82, 2.24) is 25.6 Å². The van der Waals surface area contributed by atoms with Crippen LogP contribution >= 0.6 is 35.4 Å². The summed E-state index contributed by atoms with van der Waals surface area (Å²) < 4.78 is 1.78. The van der Waals surface area contributed by atoms with E-state index in [-0.39, 0.29) is 11.0 Å². The average molecular weight is 475 g/mol. The molecule has 7 nitrogen and oxygen atoms in total. The minimum absolute atomic E-state index is 0.193. The summed E-state index contributed by atoms with van der Waals surface area (Å²) in [5.41, 5.74) is 9.20. The summed E-state index contributed by atoms with van der Waals surface area (Å²) in [4.78, 5) is 18.0. The number of nitrogens with zero attached hydrogens (tertiary/aromatic N) is 3. The van der Waals surface area contributed by atoms with Crippen LogP contribution in [0.25, 0.3) is 11.0 Å². The van der Waals surface area contributed by atoms with E-state index in [1.54, 1.807) is 22.9 Å². The third kappa shape index (κ3) is 4.20. The maximum Gasteiger partial charge on any atom is 0.270 e. The number of rotatable bonds is 4. The van der Waals surface area contributed by atoms with Crippen molar-refractivity contribution in [2.45, 2.75) is 37.5 Å². The maximum absolute atomic E-state index is 13.2. The van der Waals surface area contributed by atoms with Crippen LogP contribution in [0.5, 0.6) is 0 Å². The van der Waals surface area contributed by atoms with Crippen LogP contribution in [0.4, 0.5) is 5.69 Å². The van der Waals surface area contributed by atoms with Crippen molar-refractivity contribution in [1.29, 1.82) is 0 Å². The zero-order valence-electron chi connectivity index (χ0n) is 16.7. The Morgan fingerprint density at radius 2 is 1.87 bits per heavy atom. The van der Waals surface area contributed by atoms with Crippen LogP contribution in [0.1, 0.15) is 59.3 Å². The first kappa shape index (κ1) is 20.5. The summed E-state index contributed by atoms with van der Waals surface area (Å²) in [7, 11) is 1.88. The van der Waals surface area contributed by atoms with Crippen LogP contribution in [0, 0.1) is 0 Å². The number of pyridine rings is 1. The molecule has 2 aliphatic rings. The number of anilines is 1. The molecule has 3 aromatic rings. The monoisotopic (exact) mass is 474 g/mol. The summed E-state index contributed by atoms with van der Waals surface area (Å²) in [6, 6.07) is 6.91. The van der Waals surface area contributed by atoms with E-state index in [0.717, 1.165) is 48.1 Å². The van der Waals surface area contributed by atoms with E-state index in [2.05, 4.69) is 21.3 Å². The normalized spacial score (nSPS) is 15.7. The van der Waals surface area contributed by atoms with Gasteiger partial charge in [-0.25, -0.2) is 4.98 Å². The summed E-state index contributed by atoms with van der Waals surface area (Å²) in [5, 5.41) is 9.62. The van der Waals surface area contributed by atoms with Gasteiger partial charge in [-0.15, -0.1) is 0 Å². The quantitative estimate of drug-likeness (QED) is 0.376. The fraction of sp³-hybridized carbons (Fsp3) is 0.333. The maximum atomic E-state index is 13.2. The summed E-state index contributed by atoms with van der Waals surface area (Å²) in [5.74, 6) is 0.519. The lowest BCUT2D eigenvalue weighted by Gasteiger charge is -2.14. The molecule has 2 saturated carbocycles. The van der Waals surface area contributed by atoms with Gasteiger partial charge in [0.15, 0.2) is 10.8 Å². The Morgan fingerprint density at radius 3 is 2.58 bits per heavy atom. The Hall–Kier alpha value is -2.42. The molecule has 2 aliphatic carbocycles. The SMILES string of the molecule is Cn1nc(C2CC2)c2c(C(=O)NNC(=S)Nc3cc(Cl)ccc3Cl)cc(C3CC3)nc21. The average Bonchev–Trinajstić information content (AvgIpc) is 3.66. The largest absolute Gasteiger partial charge is 0.330 e. The van der Waals surface area contributed by atoms with E-state index in [0.29, 0.717) is 33.1 Å². The molecule has 31 heavy (non-hydrogen) atoms. The van der Waals surface area contributed by atoms with E-state index >= 15 is 0 Å². The fourth-order valence-corrected chi connectivity index (χ4v) is 4.13. The zero-order chi connectivity index (χ0) is 21.7. The lowest BCUT2D eigenvalue weighted by Crippen LogP contribution is -2.43. The Labute approximate surface area is 194 Å². The number of nitrogens with one attached hydrogen (secondary N) is 3. The van der Waals surface area contributed by atoms with Crippen LogP contribution < -0.4 is 16.2 Å². The molecule has 2 heterocycles. The number of aryl methyl sites for hydroxylation is 1. The number of hydrogen-bond donors (Lipinski definition) is 3. The number of hydrazine groups is 1. The summed E-state index contributed by atoms with van der Waals surface area (Å²) in [6.07, 6.45) is 4.37. The van der Waals surface area contributed by atoms with Gasteiger partial charge in [-0.3, -0.25) is 20.3 Å². The van der Waals surface area contributed by atoms with Gasteiger partial charge in [-0.05, 0) is 62.2 Å². The molecule has 0 atom stereocenters. The highest BCUT2D eigenvalue weighted by Crippen LogP contribution is 2.45. The Morgan fingerprint density at radius 1 is 1.13 bits per heavy atom. The molecule has 0 aliphatic heterocycles. The highest BCUT2D eigenvalue weighted by Gasteiger charge is 2.33. The highest BCUT2D eigenvalue weighted by molar-refractivity contribution is 7.80. The van der Waals surface area contributed by atoms with Gasteiger partial charge in [0.1, 0.15) is 0 Å². The van der Waals surface area contributed by atoms with E-state index in [4.69, 9.17) is 40.4 Å². The van der Waals surface area contributed by atoms with Crippen LogP contribution in [-0.2, 0) is 7.05 Å². The van der Waals surface area contributed by atoms with Gasteiger partial charge in [0.25, 0.3) is 5.91 Å². The van der Waals surface area contributed by atoms with Gasteiger partial charge >= 0.3 is 0 Å². The Balaban J connectivity index is 1.39. The molecule has 2 aromatic heterocycles. The Bertz CT molecular complexity index is 1220. The van der Waals surface area contributed by atoms with Gasteiger partial charge in [-0.1, -0.05) is 23.2 Å². The zero-order valence-corrected chi connectivity index (χ0v) is 19.0. The third-order valence-electron chi connectivity index (χ3n) is 5.51. The van der Waals surface area contributed by atoms with Crippen LogP contribution in [0.2, 0.25) is 10.0 Å². The number of hydrogen-bond acceptors (Lipinski definition) is 4. The van der Waals surface area contributed by atoms with Crippen molar-refractivity contribution in [2.75, 3.05) is 5.32 Å². The second-order valence-corrected chi connectivity index (χ2v) is 9.26. The number of benzene rings is 1. The second-order valence-electron chi connectivity index (χ2n) is 8.01. The molecule has 1 aromatic carbocycles. The fourth-order valence-electron chi connectivity index (χ4n) is 3.63. The molecule has 10 heteroatoms. The van der Waals surface area contributed by atoms with Crippen LogP contribution in [-0.4, -0.2) is 25.8 Å². The second kappa shape index (κ2) is 7.93. The van der Waals surface area contributed by atoms with Gasteiger partial charge < -0.3 is 5.32 Å². The van der Waals surface area contributed by atoms with Gasteiger partial charge in [0, 0.05) is 29.6 Å². The molecule has 0 saturated heterocycles. The molecule has 0 bridgehead atoms. The number of halogens is 2. The predicted octanol–water partition coefficient (Wildman–Crippen LogP) is 4.66. The summed E-state index contributed by atoms with van der Waals surface area (Å²) >= 11 is 17.5. The first-order valence-electron chi connectivity index (χ1n) is 10.1. The van der Waals surface area contributed by atoms with Crippen molar-refractivity contribution >= 4 is 63.2 Å². The lowest BCUT2D eigenvalue weighted by molar-refractivity contribution is 0.0945. The first-order chi connectivity index (χ1) is 14.9.